The van der Waals surface area contributed by atoms with Crippen LogP contribution in [0.4, 0.5) is 0 Å². The maximum Gasteiger partial charge on any atom is 0.328 e. The molecule has 0 aromatic heterocycles. The zero-order valence-corrected chi connectivity index (χ0v) is 13.5. The van der Waals surface area contributed by atoms with Crippen LogP contribution in [0.2, 0.25) is 0 Å². The van der Waals surface area contributed by atoms with Crippen LogP contribution in [0.5, 0.6) is 0 Å². The number of sulfonamides is 1. The molecule has 0 heterocycles. The van der Waals surface area contributed by atoms with Crippen LogP contribution in [0.3, 0.4) is 0 Å². The van der Waals surface area contributed by atoms with Gasteiger partial charge >= 0.3 is 5.97 Å². The molecular formula is C15H21NO4S. The van der Waals surface area contributed by atoms with Crippen LogP contribution in [0.25, 0.3) is 6.08 Å². The third-order valence-corrected chi connectivity index (χ3v) is 5.47. The van der Waals surface area contributed by atoms with Crippen molar-refractivity contribution in [3.8, 4) is 0 Å². The minimum atomic E-state index is -3.54. The smallest absolute Gasteiger partial charge is 0.328 e. The van der Waals surface area contributed by atoms with E-state index in [2.05, 4.69) is 0 Å². The van der Waals surface area contributed by atoms with Crippen molar-refractivity contribution in [2.24, 2.45) is 5.92 Å². The van der Waals surface area contributed by atoms with Crippen LogP contribution in [0, 0.1) is 5.92 Å². The standard InChI is InChI=1S/C15H21NO4S/c1-11(2)12(3)16(4)21(19,20)14-8-5-13(6-9-14)7-10-15(17)18/h5-12H,1-4H3,(H,17,18)/b10-7+. The van der Waals surface area contributed by atoms with E-state index >= 15 is 0 Å². The molecule has 1 N–H and O–H groups in total. The number of carboxylic acid groups (broad SMARTS) is 1. The summed E-state index contributed by atoms with van der Waals surface area (Å²) < 4.78 is 26.3. The highest BCUT2D eigenvalue weighted by Crippen LogP contribution is 2.20. The molecule has 5 nitrogen and oxygen atoms in total. The summed E-state index contributed by atoms with van der Waals surface area (Å²) in [5.74, 6) is -0.834. The number of aliphatic carboxylic acids is 1. The molecule has 0 spiro atoms. The van der Waals surface area contributed by atoms with E-state index in [0.29, 0.717) is 5.56 Å². The molecule has 1 atom stereocenters. The van der Waals surface area contributed by atoms with Crippen LogP contribution in [0.1, 0.15) is 26.3 Å². The third kappa shape index (κ3) is 4.41. The Kier molecular flexibility index (Phi) is 5.69. The summed E-state index contributed by atoms with van der Waals surface area (Å²) in [6, 6.07) is 6.03. The Morgan fingerprint density at radius 2 is 1.71 bits per heavy atom. The van der Waals surface area contributed by atoms with Gasteiger partial charge in [-0.1, -0.05) is 26.0 Å². The zero-order valence-electron chi connectivity index (χ0n) is 12.6. The van der Waals surface area contributed by atoms with Gasteiger partial charge in [0.25, 0.3) is 0 Å². The van der Waals surface area contributed by atoms with Crippen molar-refractivity contribution in [1.82, 2.24) is 4.31 Å². The van der Waals surface area contributed by atoms with Gasteiger partial charge in [0.15, 0.2) is 0 Å². The predicted octanol–water partition coefficient (Wildman–Crippen LogP) is 2.45. The molecule has 0 fully saturated rings. The average molecular weight is 311 g/mol. The first-order valence-corrected chi connectivity index (χ1v) is 8.09. The van der Waals surface area contributed by atoms with E-state index in [-0.39, 0.29) is 16.9 Å². The summed E-state index contributed by atoms with van der Waals surface area (Å²) in [4.78, 5) is 10.6. The quantitative estimate of drug-likeness (QED) is 0.819. The highest BCUT2D eigenvalue weighted by molar-refractivity contribution is 7.89. The van der Waals surface area contributed by atoms with Crippen LogP contribution in [-0.2, 0) is 14.8 Å². The summed E-state index contributed by atoms with van der Waals surface area (Å²) in [5.41, 5.74) is 0.635. The van der Waals surface area contributed by atoms with Crippen molar-refractivity contribution in [1.29, 1.82) is 0 Å². The predicted molar refractivity (Wildman–Crippen MR) is 82.4 cm³/mol. The molecule has 21 heavy (non-hydrogen) atoms. The second-order valence-electron chi connectivity index (χ2n) is 5.25. The van der Waals surface area contributed by atoms with E-state index < -0.39 is 16.0 Å². The molecule has 0 saturated carbocycles. The van der Waals surface area contributed by atoms with Gasteiger partial charge in [-0.05, 0) is 36.6 Å². The Bertz CT molecular complexity index is 618. The minimum Gasteiger partial charge on any atom is -0.478 e. The Morgan fingerprint density at radius 1 is 1.19 bits per heavy atom. The van der Waals surface area contributed by atoms with Gasteiger partial charge in [0.2, 0.25) is 10.0 Å². The van der Waals surface area contributed by atoms with Crippen molar-refractivity contribution in [3.63, 3.8) is 0 Å². The van der Waals surface area contributed by atoms with Crippen LogP contribution < -0.4 is 0 Å². The zero-order chi connectivity index (χ0) is 16.2. The summed E-state index contributed by atoms with van der Waals surface area (Å²) in [6.45, 7) is 5.80. The van der Waals surface area contributed by atoms with Gasteiger partial charge < -0.3 is 5.11 Å². The van der Waals surface area contributed by atoms with E-state index in [1.807, 2.05) is 20.8 Å². The van der Waals surface area contributed by atoms with Gasteiger partial charge in [-0.2, -0.15) is 4.31 Å². The first-order chi connectivity index (χ1) is 9.66. The van der Waals surface area contributed by atoms with E-state index in [9.17, 15) is 13.2 Å². The van der Waals surface area contributed by atoms with Crippen molar-refractivity contribution >= 4 is 22.1 Å². The molecule has 1 rings (SSSR count). The lowest BCUT2D eigenvalue weighted by molar-refractivity contribution is -0.131. The first-order valence-electron chi connectivity index (χ1n) is 6.65. The number of hydrogen-bond donors (Lipinski definition) is 1. The normalized spacial score (nSPS) is 14.0. The fourth-order valence-electron chi connectivity index (χ4n) is 1.72. The summed E-state index contributed by atoms with van der Waals surface area (Å²) >= 11 is 0. The lowest BCUT2D eigenvalue weighted by Crippen LogP contribution is -2.38. The van der Waals surface area contributed by atoms with Crippen LogP contribution in [-0.4, -0.2) is 36.9 Å². The molecule has 1 aromatic carbocycles. The number of benzene rings is 1. The molecule has 116 valence electrons. The van der Waals surface area contributed by atoms with E-state index in [1.54, 1.807) is 19.2 Å². The number of rotatable bonds is 6. The van der Waals surface area contributed by atoms with Gasteiger partial charge in [-0.15, -0.1) is 0 Å². The number of nitrogens with zero attached hydrogens (tertiary/aromatic N) is 1. The van der Waals surface area contributed by atoms with E-state index in [4.69, 9.17) is 5.11 Å². The Morgan fingerprint density at radius 3 is 2.14 bits per heavy atom. The maximum atomic E-state index is 12.5. The van der Waals surface area contributed by atoms with Crippen LogP contribution in [0.15, 0.2) is 35.2 Å². The summed E-state index contributed by atoms with van der Waals surface area (Å²) in [5, 5.41) is 8.56. The molecule has 0 aliphatic heterocycles. The minimum absolute atomic E-state index is 0.110. The molecule has 0 aliphatic rings. The summed E-state index contributed by atoms with van der Waals surface area (Å²) in [6.07, 6.45) is 2.43. The molecule has 1 unspecified atom stereocenters. The average Bonchev–Trinajstić information content (AvgIpc) is 2.43. The van der Waals surface area contributed by atoms with Crippen molar-refractivity contribution < 1.29 is 18.3 Å². The number of carbonyl (C=O) groups is 1. The Labute approximate surface area is 126 Å². The van der Waals surface area contributed by atoms with Crippen molar-refractivity contribution in [3.05, 3.63) is 35.9 Å². The highest BCUT2D eigenvalue weighted by atomic mass is 32.2. The van der Waals surface area contributed by atoms with Crippen molar-refractivity contribution in [2.45, 2.75) is 31.7 Å². The highest BCUT2D eigenvalue weighted by Gasteiger charge is 2.26. The maximum absolute atomic E-state index is 12.5. The second-order valence-corrected chi connectivity index (χ2v) is 7.24. The van der Waals surface area contributed by atoms with E-state index in [1.165, 1.54) is 22.5 Å². The Balaban J connectivity index is 3.02. The Hall–Kier alpha value is -1.66. The lowest BCUT2D eigenvalue weighted by Gasteiger charge is -2.27. The SMILES string of the molecule is CC(C)C(C)N(C)S(=O)(=O)c1ccc(/C=C/C(=O)O)cc1. The van der Waals surface area contributed by atoms with Gasteiger partial charge in [-0.25, -0.2) is 13.2 Å². The number of hydrogen-bond acceptors (Lipinski definition) is 3. The van der Waals surface area contributed by atoms with Crippen LogP contribution >= 0.6 is 0 Å². The first kappa shape index (κ1) is 17.4. The monoisotopic (exact) mass is 311 g/mol. The molecule has 6 heteroatoms. The van der Waals surface area contributed by atoms with Gasteiger partial charge in [0, 0.05) is 19.2 Å². The lowest BCUT2D eigenvalue weighted by atomic mass is 10.1. The van der Waals surface area contributed by atoms with Gasteiger partial charge in [0.1, 0.15) is 0 Å². The molecule has 0 aliphatic carbocycles. The van der Waals surface area contributed by atoms with Gasteiger partial charge in [0.05, 0.1) is 4.90 Å². The largest absolute Gasteiger partial charge is 0.478 e. The van der Waals surface area contributed by atoms with Crippen molar-refractivity contribution in [2.75, 3.05) is 7.05 Å². The summed E-state index contributed by atoms with van der Waals surface area (Å²) in [7, 11) is -1.97. The fraction of sp³-hybridized carbons (Fsp3) is 0.400. The molecule has 0 bridgehead atoms. The second kappa shape index (κ2) is 6.87. The number of carboxylic acids is 1. The van der Waals surface area contributed by atoms with E-state index in [0.717, 1.165) is 6.08 Å². The molecule has 0 radical (unpaired) electrons. The fourth-order valence-corrected chi connectivity index (χ4v) is 3.22. The molecule has 1 aromatic rings. The molecular weight excluding hydrogens is 290 g/mol. The third-order valence-electron chi connectivity index (χ3n) is 3.51. The van der Waals surface area contributed by atoms with Gasteiger partial charge in [-0.3, -0.25) is 0 Å². The molecule has 0 saturated heterocycles. The molecule has 0 amide bonds. The topological polar surface area (TPSA) is 74.7 Å².